The van der Waals surface area contributed by atoms with Crippen LogP contribution in [-0.4, -0.2) is 33.1 Å². The third-order valence-corrected chi connectivity index (χ3v) is 5.45. The number of aliphatic hydroxyl groups is 1. The van der Waals surface area contributed by atoms with Crippen molar-refractivity contribution in [3.05, 3.63) is 17.5 Å². The zero-order valence-corrected chi connectivity index (χ0v) is 15.2. The standard InChI is InChI=1S/C17H16F6N4O3/c18-16(19,20)9-6-10(24)11-13-26-27-14(30-13)15(28,17(21,22)23)3-1-7-5-8(7)2-4-29-12(9)25-11/h6-8,28H,1-5,24H2. The van der Waals surface area contributed by atoms with Crippen LogP contribution >= 0.6 is 0 Å². The molecule has 0 radical (unpaired) electrons. The Morgan fingerprint density at radius 2 is 1.80 bits per heavy atom. The minimum Gasteiger partial charge on any atom is -0.477 e. The molecule has 4 rings (SSSR count). The second-order valence-electron chi connectivity index (χ2n) is 7.48. The molecule has 0 aromatic carbocycles. The predicted molar refractivity (Wildman–Crippen MR) is 87.8 cm³/mol. The molecule has 30 heavy (non-hydrogen) atoms. The topological polar surface area (TPSA) is 107 Å². The highest BCUT2D eigenvalue weighted by Crippen LogP contribution is 2.50. The largest absolute Gasteiger partial charge is 0.477 e. The molecule has 1 aliphatic heterocycles. The zero-order chi connectivity index (χ0) is 21.9. The molecular weight excluding hydrogens is 422 g/mol. The zero-order valence-electron chi connectivity index (χ0n) is 15.2. The lowest BCUT2D eigenvalue weighted by molar-refractivity contribution is -0.277. The number of hydrogen-bond acceptors (Lipinski definition) is 7. The molecule has 164 valence electrons. The van der Waals surface area contributed by atoms with Crippen LogP contribution in [0.25, 0.3) is 11.6 Å². The van der Waals surface area contributed by atoms with Crippen molar-refractivity contribution in [3.8, 4) is 17.5 Å². The summed E-state index contributed by atoms with van der Waals surface area (Å²) in [5, 5.41) is 17.1. The highest BCUT2D eigenvalue weighted by Gasteiger charge is 2.59. The van der Waals surface area contributed by atoms with Crippen molar-refractivity contribution in [1.82, 2.24) is 15.2 Å². The molecule has 1 fully saturated rings. The highest BCUT2D eigenvalue weighted by atomic mass is 19.4. The SMILES string of the molecule is Nc1cc(C(F)(F)F)c2nc1-c1nnc(o1)C(O)(C(F)(F)F)CCC1CC1CCO2. The first-order valence-corrected chi connectivity index (χ1v) is 9.04. The quantitative estimate of drug-likeness (QED) is 0.604. The number of ether oxygens (including phenoxy) is 1. The predicted octanol–water partition coefficient (Wildman–Crippen LogP) is 3.68. The van der Waals surface area contributed by atoms with Crippen molar-refractivity contribution in [2.45, 2.75) is 43.6 Å². The first kappa shape index (κ1) is 20.7. The third-order valence-electron chi connectivity index (χ3n) is 5.45. The average molecular weight is 438 g/mol. The second-order valence-corrected chi connectivity index (χ2v) is 7.48. The Labute approximate surface area is 165 Å². The number of hydrogen-bond donors (Lipinski definition) is 2. The van der Waals surface area contributed by atoms with Gasteiger partial charge in [-0.25, -0.2) is 4.98 Å². The first-order chi connectivity index (χ1) is 13.9. The highest BCUT2D eigenvalue weighted by molar-refractivity contribution is 5.68. The Morgan fingerprint density at radius 1 is 1.10 bits per heavy atom. The summed E-state index contributed by atoms with van der Waals surface area (Å²) >= 11 is 0. The van der Waals surface area contributed by atoms with Crippen LogP contribution in [0.1, 0.15) is 37.1 Å². The van der Waals surface area contributed by atoms with E-state index in [0.29, 0.717) is 18.9 Å². The molecule has 2 aliphatic rings. The number of nitrogen functional groups attached to an aromatic ring is 1. The molecule has 0 amide bonds. The van der Waals surface area contributed by atoms with Gasteiger partial charge in [0, 0.05) is 0 Å². The molecule has 0 saturated heterocycles. The number of alkyl halides is 6. The van der Waals surface area contributed by atoms with Crippen molar-refractivity contribution in [1.29, 1.82) is 0 Å². The molecule has 3 atom stereocenters. The van der Waals surface area contributed by atoms with E-state index in [-0.39, 0.29) is 24.9 Å². The van der Waals surface area contributed by atoms with E-state index in [4.69, 9.17) is 14.9 Å². The van der Waals surface area contributed by atoms with E-state index in [1.165, 1.54) is 0 Å². The summed E-state index contributed by atoms with van der Waals surface area (Å²) in [6.07, 6.45) is -9.67. The summed E-state index contributed by atoms with van der Waals surface area (Å²) in [6, 6.07) is 0.545. The number of nitrogens with two attached hydrogens (primary N) is 1. The molecule has 2 aromatic heterocycles. The van der Waals surface area contributed by atoms with Gasteiger partial charge in [-0.3, -0.25) is 0 Å². The van der Waals surface area contributed by atoms with Crippen molar-refractivity contribution < 1.29 is 40.6 Å². The molecule has 1 aliphatic carbocycles. The summed E-state index contributed by atoms with van der Waals surface area (Å²) < 4.78 is 91.1. The normalized spacial score (nSPS) is 27.0. The number of halogens is 6. The Hall–Kier alpha value is -2.57. The van der Waals surface area contributed by atoms with Crippen LogP contribution in [0.2, 0.25) is 0 Å². The molecule has 3 unspecified atom stereocenters. The second kappa shape index (κ2) is 6.72. The summed E-state index contributed by atoms with van der Waals surface area (Å²) in [4.78, 5) is 3.69. The number of fused-ring (bicyclic) bond motifs is 6. The summed E-state index contributed by atoms with van der Waals surface area (Å²) in [5.74, 6) is -2.71. The fraction of sp³-hybridized carbons (Fsp3) is 0.588. The van der Waals surface area contributed by atoms with Gasteiger partial charge in [-0.05, 0) is 43.6 Å². The fourth-order valence-electron chi connectivity index (χ4n) is 3.57. The Balaban J connectivity index is 1.83. The smallest absolute Gasteiger partial charge is 0.426 e. The molecule has 7 nitrogen and oxygen atoms in total. The molecule has 1 saturated carbocycles. The molecule has 4 bridgehead atoms. The van der Waals surface area contributed by atoms with Gasteiger partial charge < -0.3 is 20.0 Å². The van der Waals surface area contributed by atoms with Crippen LogP contribution in [0.4, 0.5) is 32.0 Å². The monoisotopic (exact) mass is 438 g/mol. The summed E-state index contributed by atoms with van der Waals surface area (Å²) in [6.45, 7) is -0.112. The number of nitrogens with zero attached hydrogens (tertiary/aromatic N) is 3. The fourth-order valence-corrected chi connectivity index (χ4v) is 3.57. The minimum absolute atomic E-state index is 0.0220. The molecular formula is C17H16F6N4O3. The van der Waals surface area contributed by atoms with Gasteiger partial charge in [-0.15, -0.1) is 10.2 Å². The maximum atomic E-state index is 13.6. The number of aromatic nitrogens is 3. The number of rotatable bonds is 0. The maximum absolute atomic E-state index is 13.6. The van der Waals surface area contributed by atoms with E-state index < -0.39 is 59.0 Å². The number of anilines is 1. The van der Waals surface area contributed by atoms with Gasteiger partial charge in [-0.2, -0.15) is 26.3 Å². The molecule has 3 N–H and O–H groups in total. The molecule has 2 aromatic rings. The van der Waals surface area contributed by atoms with Crippen LogP contribution in [0.15, 0.2) is 10.5 Å². The average Bonchev–Trinajstić information content (AvgIpc) is 3.18. The summed E-state index contributed by atoms with van der Waals surface area (Å²) in [7, 11) is 0. The first-order valence-electron chi connectivity index (χ1n) is 9.04. The van der Waals surface area contributed by atoms with Gasteiger partial charge in [0.2, 0.25) is 11.5 Å². The molecule has 3 heterocycles. The van der Waals surface area contributed by atoms with Gasteiger partial charge >= 0.3 is 12.4 Å². The van der Waals surface area contributed by atoms with Gasteiger partial charge in [0.05, 0.1) is 12.3 Å². The lowest BCUT2D eigenvalue weighted by Crippen LogP contribution is -2.42. The van der Waals surface area contributed by atoms with Crippen molar-refractivity contribution in [2.75, 3.05) is 12.3 Å². The van der Waals surface area contributed by atoms with Crippen molar-refractivity contribution in [2.24, 2.45) is 11.8 Å². The van der Waals surface area contributed by atoms with Crippen LogP contribution in [0.5, 0.6) is 5.88 Å². The van der Waals surface area contributed by atoms with E-state index in [2.05, 4.69) is 15.2 Å². The van der Waals surface area contributed by atoms with E-state index in [1.54, 1.807) is 0 Å². The van der Waals surface area contributed by atoms with Crippen molar-refractivity contribution >= 4 is 5.69 Å². The molecule has 0 spiro atoms. The van der Waals surface area contributed by atoms with E-state index >= 15 is 0 Å². The maximum Gasteiger partial charge on any atom is 0.426 e. The van der Waals surface area contributed by atoms with Gasteiger partial charge in [-0.1, -0.05) is 0 Å². The Kier molecular flexibility index (Phi) is 4.64. The van der Waals surface area contributed by atoms with E-state index in [0.717, 1.165) is 0 Å². The van der Waals surface area contributed by atoms with Crippen LogP contribution in [-0.2, 0) is 11.8 Å². The Bertz CT molecular complexity index is 960. The lowest BCUT2D eigenvalue weighted by atomic mass is 9.94. The summed E-state index contributed by atoms with van der Waals surface area (Å²) in [5.41, 5.74) is -0.0170. The van der Waals surface area contributed by atoms with Gasteiger partial charge in [0.25, 0.3) is 11.8 Å². The van der Waals surface area contributed by atoms with E-state index in [1.807, 2.05) is 0 Å². The number of pyridine rings is 1. The lowest BCUT2D eigenvalue weighted by Gasteiger charge is -2.27. The van der Waals surface area contributed by atoms with Gasteiger partial charge in [0.1, 0.15) is 5.56 Å². The Morgan fingerprint density at radius 3 is 2.47 bits per heavy atom. The van der Waals surface area contributed by atoms with Crippen LogP contribution in [0.3, 0.4) is 0 Å². The third kappa shape index (κ3) is 3.55. The van der Waals surface area contributed by atoms with Crippen molar-refractivity contribution in [3.63, 3.8) is 0 Å². The van der Waals surface area contributed by atoms with Gasteiger partial charge in [0.15, 0.2) is 5.69 Å². The van der Waals surface area contributed by atoms with Crippen LogP contribution in [0, 0.1) is 11.8 Å². The molecule has 13 heteroatoms. The van der Waals surface area contributed by atoms with E-state index in [9.17, 15) is 31.4 Å². The minimum atomic E-state index is -5.11. The van der Waals surface area contributed by atoms with Crippen LogP contribution < -0.4 is 10.5 Å².